The highest BCUT2D eigenvalue weighted by Gasteiger charge is 2.23. The maximum atomic E-state index is 12.2. The molecular weight excluding hydrogens is 302 g/mol. The zero-order valence-electron chi connectivity index (χ0n) is 13.8. The lowest BCUT2D eigenvalue weighted by molar-refractivity contribution is 0.201. The molecule has 3 aromatic heterocycles. The van der Waals surface area contributed by atoms with Crippen molar-refractivity contribution in [2.24, 2.45) is 0 Å². The summed E-state index contributed by atoms with van der Waals surface area (Å²) in [7, 11) is 0. The Morgan fingerprint density at radius 2 is 2.08 bits per heavy atom. The largest absolute Gasteiger partial charge is 0.297 e. The Morgan fingerprint density at radius 3 is 2.83 bits per heavy atom. The second kappa shape index (κ2) is 6.20. The predicted molar refractivity (Wildman–Crippen MR) is 92.0 cm³/mol. The molecule has 4 heterocycles. The van der Waals surface area contributed by atoms with Gasteiger partial charge in [0.25, 0.3) is 5.56 Å². The molecule has 124 valence electrons. The molecule has 1 aliphatic rings. The second-order valence-corrected chi connectivity index (χ2v) is 6.52. The van der Waals surface area contributed by atoms with E-state index in [1.807, 2.05) is 31.3 Å². The lowest BCUT2D eigenvalue weighted by Crippen LogP contribution is -2.33. The molecule has 1 fully saturated rings. The minimum atomic E-state index is -0.0287. The van der Waals surface area contributed by atoms with Crippen molar-refractivity contribution in [1.82, 2.24) is 24.5 Å². The van der Waals surface area contributed by atoms with Gasteiger partial charge in [-0.15, -0.1) is 0 Å². The first-order chi connectivity index (χ1) is 11.7. The molecule has 4 rings (SSSR count). The van der Waals surface area contributed by atoms with E-state index in [9.17, 15) is 4.79 Å². The van der Waals surface area contributed by atoms with Crippen LogP contribution in [0.1, 0.15) is 35.8 Å². The first-order valence-corrected chi connectivity index (χ1v) is 8.40. The molecule has 0 bridgehead atoms. The van der Waals surface area contributed by atoms with Gasteiger partial charge in [-0.25, -0.2) is 9.50 Å². The van der Waals surface area contributed by atoms with Gasteiger partial charge in [0.1, 0.15) is 0 Å². The van der Waals surface area contributed by atoms with Crippen LogP contribution >= 0.6 is 0 Å². The average molecular weight is 323 g/mol. The molecule has 1 N–H and O–H groups in total. The van der Waals surface area contributed by atoms with Crippen molar-refractivity contribution in [1.29, 1.82) is 0 Å². The molecule has 0 radical (unpaired) electrons. The highest BCUT2D eigenvalue weighted by Crippen LogP contribution is 2.27. The summed E-state index contributed by atoms with van der Waals surface area (Å²) in [6.45, 7) is 4.84. The summed E-state index contributed by atoms with van der Waals surface area (Å²) in [5, 5.41) is 3.02. The van der Waals surface area contributed by atoms with Gasteiger partial charge in [-0.2, -0.15) is 0 Å². The van der Waals surface area contributed by atoms with Crippen molar-refractivity contribution >= 4 is 5.65 Å². The van der Waals surface area contributed by atoms with Crippen LogP contribution in [0.3, 0.4) is 0 Å². The van der Waals surface area contributed by atoms with Crippen LogP contribution in [0.4, 0.5) is 0 Å². The van der Waals surface area contributed by atoms with Crippen LogP contribution in [-0.2, 0) is 6.54 Å². The van der Waals surface area contributed by atoms with E-state index in [-0.39, 0.29) is 5.56 Å². The fraction of sp³-hybridized carbons (Fsp3) is 0.389. The Morgan fingerprint density at radius 1 is 1.25 bits per heavy atom. The van der Waals surface area contributed by atoms with Crippen molar-refractivity contribution in [2.75, 3.05) is 13.1 Å². The Labute approximate surface area is 140 Å². The molecule has 0 aromatic carbocycles. The number of nitrogens with one attached hydrogen (secondary N) is 1. The van der Waals surface area contributed by atoms with Crippen molar-refractivity contribution in [3.8, 4) is 0 Å². The number of pyridine rings is 1. The third kappa shape index (κ3) is 2.97. The van der Waals surface area contributed by atoms with Gasteiger partial charge in [0.2, 0.25) is 0 Å². The number of rotatable bonds is 3. The molecule has 1 aliphatic heterocycles. The summed E-state index contributed by atoms with van der Waals surface area (Å²) in [4.78, 5) is 23.7. The van der Waals surface area contributed by atoms with Crippen LogP contribution in [-0.4, -0.2) is 37.6 Å². The van der Waals surface area contributed by atoms with Gasteiger partial charge < -0.3 is 0 Å². The molecule has 24 heavy (non-hydrogen) atoms. The smallest absolute Gasteiger partial charge is 0.272 e. The Kier molecular flexibility index (Phi) is 3.90. The number of aromatic amines is 1. The first-order valence-electron chi connectivity index (χ1n) is 8.40. The highest BCUT2D eigenvalue weighted by molar-refractivity contribution is 5.39. The molecule has 0 aliphatic carbocycles. The number of aryl methyl sites for hydroxylation is 1. The molecule has 6 nitrogen and oxygen atoms in total. The lowest BCUT2D eigenvalue weighted by atomic mass is 9.93. The van der Waals surface area contributed by atoms with Crippen LogP contribution < -0.4 is 5.56 Å². The quantitative estimate of drug-likeness (QED) is 0.802. The van der Waals surface area contributed by atoms with Gasteiger partial charge in [0, 0.05) is 36.5 Å². The summed E-state index contributed by atoms with van der Waals surface area (Å²) in [6, 6.07) is 9.64. The monoisotopic (exact) mass is 323 g/mol. The lowest BCUT2D eigenvalue weighted by Gasteiger charge is -2.31. The van der Waals surface area contributed by atoms with Crippen molar-refractivity contribution in [3.63, 3.8) is 0 Å². The second-order valence-electron chi connectivity index (χ2n) is 6.52. The van der Waals surface area contributed by atoms with E-state index < -0.39 is 0 Å². The zero-order valence-corrected chi connectivity index (χ0v) is 13.8. The molecular formula is C18H21N5O. The summed E-state index contributed by atoms with van der Waals surface area (Å²) < 4.78 is 1.51. The van der Waals surface area contributed by atoms with Crippen molar-refractivity contribution < 1.29 is 0 Å². The molecule has 0 spiro atoms. The van der Waals surface area contributed by atoms with E-state index in [0.717, 1.165) is 49.6 Å². The van der Waals surface area contributed by atoms with Gasteiger partial charge >= 0.3 is 0 Å². The minimum absolute atomic E-state index is 0.0287. The summed E-state index contributed by atoms with van der Waals surface area (Å²) in [5.41, 5.74) is 3.67. The average Bonchev–Trinajstić information content (AvgIpc) is 2.97. The van der Waals surface area contributed by atoms with E-state index in [1.165, 1.54) is 4.52 Å². The Bertz CT molecular complexity index is 891. The van der Waals surface area contributed by atoms with Gasteiger partial charge in [-0.3, -0.25) is 19.8 Å². The van der Waals surface area contributed by atoms with E-state index >= 15 is 0 Å². The number of likely N-dealkylation sites (tertiary alicyclic amines) is 1. The number of H-pyrrole nitrogens is 1. The predicted octanol–water partition coefficient (Wildman–Crippen LogP) is 2.11. The van der Waals surface area contributed by atoms with E-state index in [0.29, 0.717) is 11.6 Å². The Balaban J connectivity index is 1.47. The number of aromatic nitrogens is 4. The van der Waals surface area contributed by atoms with Crippen molar-refractivity contribution in [3.05, 3.63) is 64.0 Å². The first kappa shape index (κ1) is 15.1. The maximum absolute atomic E-state index is 12.2. The van der Waals surface area contributed by atoms with Crippen LogP contribution in [0.15, 0.2) is 41.3 Å². The number of piperidine rings is 1. The minimum Gasteiger partial charge on any atom is -0.297 e. The van der Waals surface area contributed by atoms with Crippen LogP contribution in [0.25, 0.3) is 5.65 Å². The van der Waals surface area contributed by atoms with Crippen LogP contribution in [0.5, 0.6) is 0 Å². The fourth-order valence-electron chi connectivity index (χ4n) is 3.45. The molecule has 6 heteroatoms. The Hall–Kier alpha value is -2.47. The zero-order chi connectivity index (χ0) is 16.5. The number of hydrogen-bond acceptors (Lipinski definition) is 4. The summed E-state index contributed by atoms with van der Waals surface area (Å²) in [5.74, 6) is 0.359. The SMILES string of the molecule is Cc1cc2nc(C3CCN(Cc4ccccn4)CC3)cc(=O)n2[nH]1. The third-order valence-electron chi connectivity index (χ3n) is 4.72. The number of nitrogens with zero attached hydrogens (tertiary/aromatic N) is 4. The molecule has 0 atom stereocenters. The number of hydrogen-bond donors (Lipinski definition) is 1. The van der Waals surface area contributed by atoms with Gasteiger partial charge in [0.15, 0.2) is 5.65 Å². The molecule has 0 amide bonds. The van der Waals surface area contributed by atoms with E-state index in [1.54, 1.807) is 6.07 Å². The van der Waals surface area contributed by atoms with Gasteiger partial charge in [-0.1, -0.05) is 6.07 Å². The topological polar surface area (TPSA) is 66.3 Å². The summed E-state index contributed by atoms with van der Waals surface area (Å²) >= 11 is 0. The third-order valence-corrected chi connectivity index (χ3v) is 4.72. The van der Waals surface area contributed by atoms with Gasteiger partial charge in [-0.05, 0) is 45.0 Å². The molecule has 0 unspecified atom stereocenters. The molecule has 3 aromatic rings. The van der Waals surface area contributed by atoms with Crippen LogP contribution in [0, 0.1) is 6.92 Å². The standard InChI is InChI=1S/C18H21N5O/c1-13-10-17-20-16(11-18(24)23(17)21-13)14-5-8-22(9-6-14)12-15-4-2-3-7-19-15/h2-4,7,10-11,14,21H,5-6,8-9,12H2,1H3. The van der Waals surface area contributed by atoms with Crippen LogP contribution in [0.2, 0.25) is 0 Å². The normalized spacial score (nSPS) is 16.7. The summed E-state index contributed by atoms with van der Waals surface area (Å²) in [6.07, 6.45) is 3.89. The van der Waals surface area contributed by atoms with E-state index in [4.69, 9.17) is 4.98 Å². The highest BCUT2D eigenvalue weighted by atomic mass is 16.1. The molecule has 0 saturated carbocycles. The fourth-order valence-corrected chi connectivity index (χ4v) is 3.45. The van der Waals surface area contributed by atoms with Crippen molar-refractivity contribution in [2.45, 2.75) is 32.2 Å². The molecule has 1 saturated heterocycles. The maximum Gasteiger partial charge on any atom is 0.272 e. The van der Waals surface area contributed by atoms with Gasteiger partial charge in [0.05, 0.1) is 11.4 Å². The number of fused-ring (bicyclic) bond motifs is 1. The van der Waals surface area contributed by atoms with E-state index in [2.05, 4.69) is 21.0 Å².